The largest absolute Gasteiger partial charge is 0.481 e. The van der Waals surface area contributed by atoms with Crippen molar-refractivity contribution in [1.29, 1.82) is 0 Å². The van der Waals surface area contributed by atoms with Crippen molar-refractivity contribution in [3.63, 3.8) is 0 Å². The Morgan fingerprint density at radius 1 is 0.679 bits per heavy atom. The Morgan fingerprint density at radius 3 is 1.77 bits per heavy atom. The van der Waals surface area contributed by atoms with Gasteiger partial charge in [0, 0.05) is 44.0 Å². The minimum absolute atomic E-state index is 0.0932. The SMILES string of the molecule is COCCOCCOCCOCCOCCOCCOCCNC(=O)[C@H](CC(=O)O)CC(=O)CCC(=O)N1Cc2ccccc2C#Cc2ccccc21. The molecule has 0 fully saturated rings. The lowest BCUT2D eigenvalue weighted by molar-refractivity contribution is -0.142. The van der Waals surface area contributed by atoms with Crippen molar-refractivity contribution in [1.82, 2.24) is 5.32 Å². The number of carboxylic acids is 1. The first-order valence-electron chi connectivity index (χ1n) is 17.8. The summed E-state index contributed by atoms with van der Waals surface area (Å²) in [4.78, 5) is 52.3. The summed E-state index contributed by atoms with van der Waals surface area (Å²) in [7, 11) is 1.62. The number of carboxylic acid groups (broad SMARTS) is 1. The Kier molecular flexibility index (Phi) is 21.6. The Labute approximate surface area is 311 Å². The standard InChI is InChI=1S/C39H52N2O12/c1-47-16-17-49-20-21-51-24-25-53-27-26-52-23-22-50-19-18-48-15-14-40-39(46)34(29-38(44)45)28-35(42)12-13-37(43)41-30-33-8-3-2-6-31(33)10-11-32-7-4-5-9-36(32)41/h2-9,34H,12-30H2,1H3,(H,40,46)(H,44,45)/t34-/m0/s1. The number of benzene rings is 2. The van der Waals surface area contributed by atoms with Gasteiger partial charge in [0.1, 0.15) is 5.78 Å². The maximum atomic E-state index is 13.5. The minimum atomic E-state index is -1.20. The zero-order valence-corrected chi connectivity index (χ0v) is 30.5. The molecule has 0 saturated heterocycles. The van der Waals surface area contributed by atoms with Gasteiger partial charge >= 0.3 is 5.97 Å². The van der Waals surface area contributed by atoms with E-state index in [2.05, 4.69) is 17.2 Å². The molecule has 2 amide bonds. The van der Waals surface area contributed by atoms with E-state index < -0.39 is 24.2 Å². The van der Waals surface area contributed by atoms with E-state index in [-0.39, 0.29) is 44.1 Å². The zero-order valence-electron chi connectivity index (χ0n) is 30.5. The van der Waals surface area contributed by atoms with Crippen LogP contribution in [0.15, 0.2) is 48.5 Å². The third-order valence-corrected chi connectivity index (χ3v) is 7.89. The van der Waals surface area contributed by atoms with Crippen LogP contribution in [0.3, 0.4) is 0 Å². The van der Waals surface area contributed by atoms with Crippen LogP contribution in [0.1, 0.15) is 42.4 Å². The Bertz CT molecular complexity index is 1470. The maximum absolute atomic E-state index is 13.5. The third kappa shape index (κ3) is 17.9. The van der Waals surface area contributed by atoms with Crippen LogP contribution in [-0.2, 0) is 58.9 Å². The van der Waals surface area contributed by atoms with Gasteiger partial charge in [0.15, 0.2) is 0 Å². The predicted molar refractivity (Wildman–Crippen MR) is 194 cm³/mol. The third-order valence-electron chi connectivity index (χ3n) is 7.89. The quantitative estimate of drug-likeness (QED) is 0.0926. The van der Waals surface area contributed by atoms with Gasteiger partial charge in [-0.05, 0) is 23.8 Å². The summed E-state index contributed by atoms with van der Waals surface area (Å²) < 4.78 is 37.4. The molecule has 1 heterocycles. The normalized spacial score (nSPS) is 12.4. The smallest absolute Gasteiger partial charge is 0.304 e. The molecule has 53 heavy (non-hydrogen) atoms. The second-order valence-electron chi connectivity index (χ2n) is 11.9. The van der Waals surface area contributed by atoms with Gasteiger partial charge in [0.2, 0.25) is 11.8 Å². The van der Waals surface area contributed by atoms with Crippen LogP contribution in [0.5, 0.6) is 0 Å². The lowest BCUT2D eigenvalue weighted by atomic mass is 9.95. The molecule has 2 aromatic carbocycles. The summed E-state index contributed by atoms with van der Waals surface area (Å²) in [5, 5.41) is 12.0. The van der Waals surface area contributed by atoms with Crippen molar-refractivity contribution in [2.75, 3.05) is 104 Å². The molecule has 0 aromatic heterocycles. The van der Waals surface area contributed by atoms with Gasteiger partial charge in [-0.1, -0.05) is 42.2 Å². The molecular formula is C39H52N2O12. The molecule has 0 aliphatic carbocycles. The molecular weight excluding hydrogens is 688 g/mol. The number of aliphatic carboxylic acids is 1. The molecule has 14 nitrogen and oxygen atoms in total. The van der Waals surface area contributed by atoms with Crippen molar-refractivity contribution in [2.45, 2.75) is 32.2 Å². The molecule has 2 N–H and O–H groups in total. The number of carbonyl (C=O) groups excluding carboxylic acids is 3. The first kappa shape index (κ1) is 43.2. The molecule has 0 bridgehead atoms. The zero-order chi connectivity index (χ0) is 37.9. The molecule has 0 unspecified atom stereocenters. The summed E-state index contributed by atoms with van der Waals surface area (Å²) in [6.45, 7) is 6.00. The molecule has 3 rings (SSSR count). The predicted octanol–water partition coefficient (Wildman–Crippen LogP) is 2.63. The van der Waals surface area contributed by atoms with Crippen LogP contribution in [0.4, 0.5) is 5.69 Å². The lowest BCUT2D eigenvalue weighted by Gasteiger charge is -2.26. The highest BCUT2D eigenvalue weighted by atomic mass is 16.6. The number of nitrogens with one attached hydrogen (secondary N) is 1. The number of ether oxygens (including phenoxy) is 7. The van der Waals surface area contributed by atoms with Crippen molar-refractivity contribution in [3.05, 3.63) is 65.2 Å². The molecule has 2 aromatic rings. The molecule has 1 atom stereocenters. The Balaban J connectivity index is 1.25. The number of hydrogen-bond donors (Lipinski definition) is 2. The number of hydrogen-bond acceptors (Lipinski definition) is 11. The first-order chi connectivity index (χ1) is 25.9. The molecule has 14 heteroatoms. The van der Waals surface area contributed by atoms with Crippen molar-refractivity contribution in [3.8, 4) is 11.8 Å². The van der Waals surface area contributed by atoms with E-state index in [4.69, 9.17) is 33.2 Å². The first-order valence-corrected chi connectivity index (χ1v) is 17.8. The summed E-state index contributed by atoms with van der Waals surface area (Å²) >= 11 is 0. The van der Waals surface area contributed by atoms with E-state index in [0.717, 1.165) is 11.1 Å². The number of para-hydroxylation sites is 1. The summed E-state index contributed by atoms with van der Waals surface area (Å²) in [6.07, 6.45) is -1.02. The number of methoxy groups -OCH3 is 1. The fourth-order valence-corrected chi connectivity index (χ4v) is 5.17. The van der Waals surface area contributed by atoms with E-state index in [9.17, 15) is 24.3 Å². The second-order valence-corrected chi connectivity index (χ2v) is 11.9. The summed E-state index contributed by atoms with van der Waals surface area (Å²) in [5.74, 6) is 2.85. The van der Waals surface area contributed by atoms with Gasteiger partial charge < -0.3 is 48.5 Å². The van der Waals surface area contributed by atoms with Gasteiger partial charge in [0.05, 0.1) is 110 Å². The topological polar surface area (TPSA) is 168 Å². The number of nitrogens with zero attached hydrogens (tertiary/aromatic N) is 1. The lowest BCUT2D eigenvalue weighted by Crippen LogP contribution is -2.36. The average Bonchev–Trinajstić information content (AvgIpc) is 3.15. The van der Waals surface area contributed by atoms with Gasteiger partial charge in [-0.3, -0.25) is 19.2 Å². The fraction of sp³-hybridized carbons (Fsp3) is 0.538. The average molecular weight is 741 g/mol. The fourth-order valence-electron chi connectivity index (χ4n) is 5.17. The highest BCUT2D eigenvalue weighted by Crippen LogP contribution is 2.26. The molecule has 1 aliphatic rings. The Hall–Kier alpha value is -4.20. The number of Topliss-reactive ketones (excluding diaryl/α,β-unsaturated/α-hetero) is 1. The van der Waals surface area contributed by atoms with Gasteiger partial charge in [-0.2, -0.15) is 0 Å². The van der Waals surface area contributed by atoms with E-state index in [0.29, 0.717) is 97.1 Å². The molecule has 1 aliphatic heterocycles. The number of anilines is 1. The molecule has 0 saturated carbocycles. The van der Waals surface area contributed by atoms with Crippen LogP contribution in [-0.4, -0.2) is 128 Å². The van der Waals surface area contributed by atoms with Crippen molar-refractivity contribution in [2.24, 2.45) is 5.92 Å². The minimum Gasteiger partial charge on any atom is -0.481 e. The molecule has 290 valence electrons. The van der Waals surface area contributed by atoms with Crippen LogP contribution in [0.25, 0.3) is 0 Å². The highest BCUT2D eigenvalue weighted by Gasteiger charge is 2.26. The van der Waals surface area contributed by atoms with Gasteiger partial charge in [0.25, 0.3) is 0 Å². The second kappa shape index (κ2) is 26.5. The number of ketones is 1. The van der Waals surface area contributed by atoms with E-state index in [1.165, 1.54) is 0 Å². The van der Waals surface area contributed by atoms with Gasteiger partial charge in [-0.25, -0.2) is 0 Å². The summed E-state index contributed by atoms with van der Waals surface area (Å²) in [5.41, 5.74) is 3.08. The van der Waals surface area contributed by atoms with E-state index >= 15 is 0 Å². The van der Waals surface area contributed by atoms with Crippen LogP contribution >= 0.6 is 0 Å². The summed E-state index contributed by atoms with van der Waals surface area (Å²) in [6, 6.07) is 14.9. The highest BCUT2D eigenvalue weighted by molar-refractivity contribution is 5.97. The number of fused-ring (bicyclic) bond motifs is 2. The molecule has 0 radical (unpaired) electrons. The van der Waals surface area contributed by atoms with Crippen LogP contribution in [0.2, 0.25) is 0 Å². The van der Waals surface area contributed by atoms with Crippen molar-refractivity contribution < 1.29 is 57.4 Å². The van der Waals surface area contributed by atoms with Crippen LogP contribution < -0.4 is 10.2 Å². The Morgan fingerprint density at radius 2 is 1.19 bits per heavy atom. The number of rotatable bonds is 29. The number of amides is 2. The van der Waals surface area contributed by atoms with Crippen molar-refractivity contribution >= 4 is 29.3 Å². The van der Waals surface area contributed by atoms with Crippen LogP contribution in [0, 0.1) is 17.8 Å². The number of carbonyl (C=O) groups is 4. The van der Waals surface area contributed by atoms with E-state index in [1.807, 2.05) is 48.5 Å². The van der Waals surface area contributed by atoms with Gasteiger partial charge in [-0.15, -0.1) is 0 Å². The maximum Gasteiger partial charge on any atom is 0.304 e. The monoisotopic (exact) mass is 740 g/mol. The molecule has 0 spiro atoms. The van der Waals surface area contributed by atoms with E-state index in [1.54, 1.807) is 12.0 Å².